The predicted octanol–water partition coefficient (Wildman–Crippen LogP) is -3.33. The Morgan fingerprint density at radius 1 is 1.08 bits per heavy atom. The maximum absolute atomic E-state index is 15.1. The van der Waals surface area contributed by atoms with E-state index in [1.165, 1.54) is 25.0 Å². The molecule has 2 heterocycles. The lowest BCUT2D eigenvalue weighted by molar-refractivity contribution is -0.155. The number of imide groups is 1. The minimum Gasteiger partial charge on any atom is -0.393 e. The monoisotopic (exact) mass is 533 g/mol. The van der Waals surface area contributed by atoms with Crippen LogP contribution in [0.25, 0.3) is 0 Å². The quantitative estimate of drug-likeness (QED) is 0.323. The molecule has 2 atom stereocenters. The van der Waals surface area contributed by atoms with E-state index >= 15 is 8.78 Å². The molecule has 2 aliphatic rings. The van der Waals surface area contributed by atoms with Gasteiger partial charge in [-0.25, -0.2) is 0 Å². The second kappa shape index (κ2) is 9.36. The Hall–Kier alpha value is -2.94. The van der Waals surface area contributed by atoms with Crippen molar-refractivity contribution in [3.8, 4) is 0 Å². The van der Waals surface area contributed by atoms with Crippen molar-refractivity contribution in [1.82, 2.24) is 15.0 Å². The molecular weight excluding hydrogens is 509 g/mol. The average molecular weight is 533 g/mol. The standard InChI is InChI=1S/C22H24B6ClF2N3O4/c23-15-14(16(35)32-18(37)20(15,24)25)33-8-9-7-11(3-6-13(9)17(33)36)22(26,27)34(28)19(38)21(30,31)10-1-4-12(29)5-2-10/h1-7,14-15H,8,23-28H2,(H,32,35,37). The fraction of sp³-hybridized carbons (Fsp3) is 0.273. The first-order chi connectivity index (χ1) is 17.5. The molecule has 190 valence electrons. The molecule has 0 saturated carbocycles. The van der Waals surface area contributed by atoms with E-state index in [0.717, 1.165) is 16.9 Å². The first-order valence-corrected chi connectivity index (χ1v) is 12.6. The summed E-state index contributed by atoms with van der Waals surface area (Å²) in [5, 5.41) is 0.628. The van der Waals surface area contributed by atoms with Crippen molar-refractivity contribution in [2.24, 2.45) is 0 Å². The number of amides is 4. The number of fused-ring (bicyclic) bond motifs is 1. The van der Waals surface area contributed by atoms with Crippen molar-refractivity contribution in [1.29, 1.82) is 0 Å². The van der Waals surface area contributed by atoms with Gasteiger partial charge in [-0.1, -0.05) is 35.9 Å². The van der Waals surface area contributed by atoms with Crippen LogP contribution in [0.15, 0.2) is 42.5 Å². The van der Waals surface area contributed by atoms with Gasteiger partial charge in [-0.2, -0.15) is 8.78 Å². The van der Waals surface area contributed by atoms with E-state index in [2.05, 4.69) is 5.32 Å². The third kappa shape index (κ3) is 4.38. The molecule has 1 N–H and O–H groups in total. The summed E-state index contributed by atoms with van der Waals surface area (Å²) in [4.78, 5) is 53.8. The number of piperidine rings is 1. The number of rotatable bonds is 5. The van der Waals surface area contributed by atoms with Crippen molar-refractivity contribution in [3.05, 3.63) is 69.7 Å². The van der Waals surface area contributed by atoms with Gasteiger partial charge in [-0.15, -0.1) is 0 Å². The van der Waals surface area contributed by atoms with Gasteiger partial charge in [-0.3, -0.25) is 24.5 Å². The Labute approximate surface area is 229 Å². The van der Waals surface area contributed by atoms with Crippen LogP contribution in [0.1, 0.15) is 27.0 Å². The predicted molar refractivity (Wildman–Crippen MR) is 155 cm³/mol. The summed E-state index contributed by atoms with van der Waals surface area (Å²) in [6.07, 6.45) is 0. The molecule has 7 nitrogen and oxygen atoms in total. The average Bonchev–Trinajstić information content (AvgIpc) is 3.17. The Balaban J connectivity index is 1.61. The molecule has 0 aromatic heterocycles. The van der Waals surface area contributed by atoms with Crippen LogP contribution in [-0.4, -0.2) is 86.6 Å². The summed E-state index contributed by atoms with van der Waals surface area (Å²) in [5.74, 6) is -6.87. The molecule has 0 aliphatic carbocycles. The third-order valence-corrected chi connectivity index (χ3v) is 8.55. The SMILES string of the molecule is BC1C(N2Cc3cc(C(B)(B)N(B)C(=O)C(F)(F)c4ccc(Cl)cc4)ccc3C2=O)C(=O)NC(=O)C1(B)B. The van der Waals surface area contributed by atoms with Crippen LogP contribution in [0.4, 0.5) is 8.78 Å². The first kappa shape index (κ1) is 28.1. The molecule has 2 aromatic rings. The molecule has 0 bridgehead atoms. The van der Waals surface area contributed by atoms with Crippen molar-refractivity contribution in [2.45, 2.75) is 34.9 Å². The fourth-order valence-electron chi connectivity index (χ4n) is 4.98. The zero-order valence-electron chi connectivity index (χ0n) is 22.1. The number of hydrogen-bond acceptors (Lipinski definition) is 4. The molecule has 2 aliphatic heterocycles. The smallest absolute Gasteiger partial charge is 0.348 e. The van der Waals surface area contributed by atoms with Crippen LogP contribution in [0.3, 0.4) is 0 Å². The number of hydrogen-bond donors (Lipinski definition) is 1. The molecule has 4 amide bonds. The van der Waals surface area contributed by atoms with Crippen molar-refractivity contribution < 1.29 is 28.0 Å². The minimum absolute atomic E-state index is 0.114. The Morgan fingerprint density at radius 3 is 2.26 bits per heavy atom. The van der Waals surface area contributed by atoms with E-state index in [-0.39, 0.29) is 23.4 Å². The summed E-state index contributed by atoms with van der Waals surface area (Å²) < 4.78 is 30.2. The zero-order valence-corrected chi connectivity index (χ0v) is 22.8. The minimum atomic E-state index is -3.78. The molecular formula is C22H24B6ClF2N3O4. The van der Waals surface area contributed by atoms with Gasteiger partial charge in [0.05, 0.1) is 0 Å². The number of carbonyl (C=O) groups is 4. The molecule has 1 fully saturated rings. The lowest BCUT2D eigenvalue weighted by Gasteiger charge is -2.43. The van der Waals surface area contributed by atoms with Gasteiger partial charge in [0.15, 0.2) is 0 Å². The number of benzene rings is 2. The topological polar surface area (TPSA) is 86.8 Å². The van der Waals surface area contributed by atoms with Crippen LogP contribution in [-0.2, 0) is 32.2 Å². The second-order valence-electron chi connectivity index (χ2n) is 11.1. The Morgan fingerprint density at radius 2 is 1.66 bits per heavy atom. The van der Waals surface area contributed by atoms with Gasteiger partial charge in [-0.05, 0) is 45.7 Å². The van der Waals surface area contributed by atoms with Crippen molar-refractivity contribution in [3.63, 3.8) is 0 Å². The van der Waals surface area contributed by atoms with E-state index in [0.29, 0.717) is 16.7 Å². The molecule has 2 aromatic carbocycles. The van der Waals surface area contributed by atoms with E-state index in [9.17, 15) is 19.2 Å². The maximum Gasteiger partial charge on any atom is 0.348 e. The summed E-state index contributed by atoms with van der Waals surface area (Å²) >= 11 is 5.80. The second-order valence-corrected chi connectivity index (χ2v) is 11.5. The highest BCUT2D eigenvalue weighted by molar-refractivity contribution is 6.56. The Bertz CT molecular complexity index is 1360. The number of halogens is 3. The zero-order chi connectivity index (χ0) is 28.4. The van der Waals surface area contributed by atoms with Gasteiger partial charge in [0.2, 0.25) is 19.8 Å². The van der Waals surface area contributed by atoms with E-state index < -0.39 is 45.7 Å². The van der Waals surface area contributed by atoms with Gasteiger partial charge in [0, 0.05) is 22.7 Å². The molecule has 4 rings (SSSR count). The lowest BCUT2D eigenvalue weighted by Crippen LogP contribution is -2.61. The van der Waals surface area contributed by atoms with E-state index in [4.69, 9.17) is 11.6 Å². The molecule has 0 radical (unpaired) electrons. The molecule has 16 heteroatoms. The number of nitrogens with one attached hydrogen (secondary N) is 1. The van der Waals surface area contributed by atoms with Crippen molar-refractivity contribution >= 4 is 82.4 Å². The summed E-state index contributed by atoms with van der Waals surface area (Å²) in [5.41, 5.74) is 1.08. The normalized spacial score (nSPS) is 21.1. The molecule has 0 spiro atoms. The highest BCUT2D eigenvalue weighted by atomic mass is 35.5. The lowest BCUT2D eigenvalue weighted by atomic mass is 9.40. The van der Waals surface area contributed by atoms with Gasteiger partial charge in [0.1, 0.15) is 45.3 Å². The summed E-state index contributed by atoms with van der Waals surface area (Å²) in [6.45, 7) is 0.114. The van der Waals surface area contributed by atoms with Gasteiger partial charge >= 0.3 is 5.92 Å². The summed E-state index contributed by atoms with van der Waals surface area (Å²) in [6, 6.07) is 8.92. The molecule has 1 saturated heterocycles. The summed E-state index contributed by atoms with van der Waals surface area (Å²) in [7, 11) is 9.83. The highest BCUT2D eigenvalue weighted by Gasteiger charge is 2.51. The number of nitrogens with zero attached hydrogens (tertiary/aromatic N) is 2. The van der Waals surface area contributed by atoms with Crippen LogP contribution in [0, 0.1) is 0 Å². The van der Waals surface area contributed by atoms with E-state index in [1.807, 2.05) is 0 Å². The maximum atomic E-state index is 15.1. The van der Waals surface area contributed by atoms with Crippen molar-refractivity contribution in [2.75, 3.05) is 0 Å². The Kier molecular flexibility index (Phi) is 6.92. The van der Waals surface area contributed by atoms with Crippen LogP contribution in [0.2, 0.25) is 16.1 Å². The van der Waals surface area contributed by atoms with Crippen LogP contribution < -0.4 is 5.32 Å². The molecule has 38 heavy (non-hydrogen) atoms. The van der Waals surface area contributed by atoms with E-state index in [1.54, 1.807) is 57.4 Å². The van der Waals surface area contributed by atoms with Gasteiger partial charge < -0.3 is 9.71 Å². The highest BCUT2D eigenvalue weighted by Crippen LogP contribution is 2.42. The fourth-order valence-corrected chi connectivity index (χ4v) is 5.10. The largest absolute Gasteiger partial charge is 0.393 e. The van der Waals surface area contributed by atoms with Gasteiger partial charge in [0.25, 0.3) is 11.8 Å². The first-order valence-electron chi connectivity index (χ1n) is 12.2. The number of carbonyl (C=O) groups excluding carboxylic acids is 4. The van der Waals surface area contributed by atoms with Crippen LogP contribution in [0.5, 0.6) is 0 Å². The van der Waals surface area contributed by atoms with Crippen LogP contribution >= 0.6 is 11.6 Å². The number of alkyl halides is 2. The molecule has 2 unspecified atom stereocenters. The third-order valence-electron chi connectivity index (χ3n) is 8.30.